The van der Waals surface area contributed by atoms with Gasteiger partial charge >= 0.3 is 6.09 Å². The molecule has 2 aliphatic heterocycles. The zero-order valence-electron chi connectivity index (χ0n) is 11.0. The first-order chi connectivity index (χ1) is 9.97. The minimum absolute atomic E-state index is 0.0629. The fourth-order valence-electron chi connectivity index (χ4n) is 2.72. The highest BCUT2D eigenvalue weighted by Gasteiger charge is 2.34. The zero-order chi connectivity index (χ0) is 15.1. The summed E-state index contributed by atoms with van der Waals surface area (Å²) < 4.78 is 7.83. The average molecular weight is 488 g/mol. The summed E-state index contributed by atoms with van der Waals surface area (Å²) in [7, 11) is 0. The zero-order valence-corrected chi connectivity index (χ0v) is 15.5. The molecule has 1 aromatic rings. The van der Waals surface area contributed by atoms with Gasteiger partial charge in [0.2, 0.25) is 0 Å². The molecule has 5 nitrogen and oxygen atoms in total. The molecule has 114 valence electrons. The summed E-state index contributed by atoms with van der Waals surface area (Å²) in [5, 5.41) is 9.72. The van der Waals surface area contributed by atoms with Crippen molar-refractivity contribution < 1.29 is 14.6 Å². The number of rotatable bonds is 0. The van der Waals surface area contributed by atoms with Crippen LogP contribution in [0.2, 0.25) is 5.02 Å². The van der Waals surface area contributed by atoms with Crippen LogP contribution in [-0.2, 0) is 6.54 Å². The Balaban J connectivity index is 1.90. The molecule has 0 bridgehead atoms. The smallest absolute Gasteiger partial charge is 0.407 e. The molecule has 0 radical (unpaired) electrons. The Labute approximate surface area is 149 Å². The molecule has 0 saturated carbocycles. The highest BCUT2D eigenvalue weighted by Crippen LogP contribution is 2.40. The van der Waals surface area contributed by atoms with Crippen molar-refractivity contribution in [2.75, 3.05) is 26.2 Å². The van der Waals surface area contributed by atoms with Crippen molar-refractivity contribution in [2.45, 2.75) is 12.6 Å². The van der Waals surface area contributed by atoms with Gasteiger partial charge in [0.15, 0.2) is 0 Å². The first-order valence-electron chi connectivity index (χ1n) is 6.48. The van der Waals surface area contributed by atoms with Crippen molar-refractivity contribution in [1.82, 2.24) is 9.80 Å². The Kier molecular flexibility index (Phi) is 4.54. The third-order valence-corrected chi connectivity index (χ3v) is 6.07. The number of hydrogen-bond donors (Lipinski definition) is 1. The van der Waals surface area contributed by atoms with E-state index in [0.717, 1.165) is 20.2 Å². The fraction of sp³-hybridized carbons (Fsp3) is 0.462. The van der Waals surface area contributed by atoms with Gasteiger partial charge in [-0.25, -0.2) is 4.79 Å². The van der Waals surface area contributed by atoms with Crippen molar-refractivity contribution in [3.63, 3.8) is 0 Å². The molecule has 1 amide bonds. The van der Waals surface area contributed by atoms with Gasteiger partial charge in [0, 0.05) is 39.8 Å². The maximum Gasteiger partial charge on any atom is 0.407 e. The highest BCUT2D eigenvalue weighted by atomic mass is 127. The number of carbonyl (C=O) groups is 1. The molecule has 1 N–H and O–H groups in total. The van der Waals surface area contributed by atoms with Gasteiger partial charge in [0.1, 0.15) is 12.4 Å². The molecule has 0 unspecified atom stereocenters. The van der Waals surface area contributed by atoms with Crippen LogP contribution in [-0.4, -0.2) is 53.3 Å². The van der Waals surface area contributed by atoms with E-state index >= 15 is 0 Å². The molecule has 0 spiro atoms. The molecular formula is C13H13BrClIN2O3. The van der Waals surface area contributed by atoms with E-state index in [1.54, 1.807) is 0 Å². The highest BCUT2D eigenvalue weighted by molar-refractivity contribution is 14.1. The number of amides is 1. The van der Waals surface area contributed by atoms with Crippen molar-refractivity contribution in [3.05, 3.63) is 24.7 Å². The number of halogens is 3. The summed E-state index contributed by atoms with van der Waals surface area (Å²) in [5.41, 5.74) is 1.08. The van der Waals surface area contributed by atoms with Gasteiger partial charge in [-0.2, -0.15) is 0 Å². The van der Waals surface area contributed by atoms with Crippen LogP contribution < -0.4 is 4.74 Å². The molecular weight excluding hydrogens is 474 g/mol. The summed E-state index contributed by atoms with van der Waals surface area (Å²) in [6, 6.07) is 2.05. The molecule has 2 heterocycles. The Bertz CT molecular complexity index is 601. The van der Waals surface area contributed by atoms with Gasteiger partial charge in [-0.1, -0.05) is 11.6 Å². The van der Waals surface area contributed by atoms with Crippen LogP contribution in [0.15, 0.2) is 10.5 Å². The van der Waals surface area contributed by atoms with E-state index in [0.29, 0.717) is 37.0 Å². The summed E-state index contributed by atoms with van der Waals surface area (Å²) in [6.07, 6.45) is -0.869. The molecule has 1 atom stereocenters. The van der Waals surface area contributed by atoms with Gasteiger partial charge in [-0.05, 0) is 44.6 Å². The lowest BCUT2D eigenvalue weighted by Gasteiger charge is -2.38. The van der Waals surface area contributed by atoms with Crippen LogP contribution in [0.25, 0.3) is 0 Å². The third-order valence-electron chi connectivity index (χ3n) is 3.88. The van der Waals surface area contributed by atoms with Crippen molar-refractivity contribution in [2.24, 2.45) is 0 Å². The Morgan fingerprint density at radius 3 is 3.00 bits per heavy atom. The van der Waals surface area contributed by atoms with Gasteiger partial charge in [0.25, 0.3) is 0 Å². The second kappa shape index (κ2) is 6.10. The van der Waals surface area contributed by atoms with E-state index in [-0.39, 0.29) is 6.04 Å². The number of nitrogens with zero attached hydrogens (tertiary/aromatic N) is 2. The third kappa shape index (κ3) is 2.97. The first kappa shape index (κ1) is 15.6. The second-order valence-corrected chi connectivity index (χ2v) is 7.52. The quantitative estimate of drug-likeness (QED) is 0.451. The molecule has 1 saturated heterocycles. The normalized spacial score (nSPS) is 22.0. The summed E-state index contributed by atoms with van der Waals surface area (Å²) in [5.74, 6) is 0.715. The van der Waals surface area contributed by atoms with Crippen LogP contribution >= 0.6 is 50.1 Å². The number of ether oxygens (including phenoxy) is 1. The summed E-state index contributed by atoms with van der Waals surface area (Å²) >= 11 is 12.1. The SMILES string of the molecule is O=C(O)N1CCN2Cc3c(I)cc(Br)c(Cl)c3OC[C@H]2C1. The maximum absolute atomic E-state index is 11.1. The van der Waals surface area contributed by atoms with Crippen LogP contribution in [0.5, 0.6) is 5.75 Å². The first-order valence-corrected chi connectivity index (χ1v) is 8.73. The van der Waals surface area contributed by atoms with Gasteiger partial charge < -0.3 is 14.7 Å². The van der Waals surface area contributed by atoms with E-state index in [1.165, 1.54) is 4.90 Å². The maximum atomic E-state index is 11.1. The number of carboxylic acid groups (broad SMARTS) is 1. The predicted octanol–water partition coefficient (Wildman–Crippen LogP) is 3.26. The lowest BCUT2D eigenvalue weighted by Crippen LogP contribution is -2.55. The Morgan fingerprint density at radius 1 is 1.52 bits per heavy atom. The van der Waals surface area contributed by atoms with E-state index < -0.39 is 6.09 Å². The molecule has 0 aromatic heterocycles. The van der Waals surface area contributed by atoms with E-state index in [2.05, 4.69) is 43.4 Å². The molecule has 8 heteroatoms. The fourth-order valence-corrected chi connectivity index (χ4v) is 4.51. The van der Waals surface area contributed by atoms with E-state index in [9.17, 15) is 4.79 Å². The molecule has 21 heavy (non-hydrogen) atoms. The molecule has 3 rings (SSSR count). The molecule has 1 aromatic carbocycles. The van der Waals surface area contributed by atoms with Crippen LogP contribution in [0.4, 0.5) is 4.79 Å². The number of piperazine rings is 1. The van der Waals surface area contributed by atoms with Gasteiger partial charge in [-0.15, -0.1) is 0 Å². The topological polar surface area (TPSA) is 53.0 Å². The van der Waals surface area contributed by atoms with Crippen molar-refractivity contribution in [3.8, 4) is 5.75 Å². The molecule has 1 fully saturated rings. The Morgan fingerprint density at radius 2 is 2.29 bits per heavy atom. The largest absolute Gasteiger partial charge is 0.490 e. The lowest BCUT2D eigenvalue weighted by molar-refractivity contribution is 0.0502. The predicted molar refractivity (Wildman–Crippen MR) is 91.2 cm³/mol. The molecule has 2 aliphatic rings. The van der Waals surface area contributed by atoms with E-state index in [1.807, 2.05) is 6.07 Å². The number of fused-ring (bicyclic) bond motifs is 2. The van der Waals surface area contributed by atoms with E-state index in [4.69, 9.17) is 21.4 Å². The monoisotopic (exact) mass is 486 g/mol. The van der Waals surface area contributed by atoms with Gasteiger partial charge in [-0.3, -0.25) is 4.90 Å². The van der Waals surface area contributed by atoms with Crippen LogP contribution in [0, 0.1) is 3.57 Å². The minimum Gasteiger partial charge on any atom is -0.490 e. The van der Waals surface area contributed by atoms with Crippen molar-refractivity contribution in [1.29, 1.82) is 0 Å². The second-order valence-electron chi connectivity index (χ2n) is 5.13. The van der Waals surface area contributed by atoms with Crippen LogP contribution in [0.1, 0.15) is 5.56 Å². The summed E-state index contributed by atoms with van der Waals surface area (Å²) in [6.45, 7) is 2.89. The Hall–Kier alpha value is -0.250. The number of benzene rings is 1. The number of hydrogen-bond acceptors (Lipinski definition) is 3. The lowest BCUT2D eigenvalue weighted by atomic mass is 10.1. The standard InChI is InChI=1S/C13H13BrClIN2O3/c14-9-3-10(16)8-5-17-1-2-18(13(19)20)4-7(17)6-21-12(8)11(9)15/h3,7H,1-2,4-6H2,(H,19,20)/t7-/m1/s1. The van der Waals surface area contributed by atoms with Crippen molar-refractivity contribution >= 4 is 56.2 Å². The summed E-state index contributed by atoms with van der Waals surface area (Å²) in [4.78, 5) is 14.8. The van der Waals surface area contributed by atoms with Gasteiger partial charge in [0.05, 0.1) is 11.1 Å². The molecule has 0 aliphatic carbocycles. The van der Waals surface area contributed by atoms with Crippen LogP contribution in [0.3, 0.4) is 0 Å². The average Bonchev–Trinajstić information content (AvgIpc) is 2.64. The minimum atomic E-state index is -0.869.